The molecule has 1 atom stereocenters. The number of rotatable bonds is 10. The molecule has 2 N–H and O–H groups in total. The first-order valence-corrected chi connectivity index (χ1v) is 12.5. The number of hydrogen-bond acceptors (Lipinski definition) is 4. The molecular formula is C25H23ClF2N2O4S. The van der Waals surface area contributed by atoms with Crippen LogP contribution in [0.25, 0.3) is 0 Å². The largest absolute Gasteiger partial charge is 0.368 e. The lowest BCUT2D eigenvalue weighted by Crippen LogP contribution is -2.41. The quantitative estimate of drug-likeness (QED) is 0.380. The molecule has 35 heavy (non-hydrogen) atoms. The molecule has 0 heterocycles. The average molecular weight is 521 g/mol. The van der Waals surface area contributed by atoms with Crippen molar-refractivity contribution in [3.8, 4) is 0 Å². The van der Waals surface area contributed by atoms with Crippen LogP contribution in [0.15, 0.2) is 71.6 Å². The number of sulfonamides is 1. The zero-order valence-corrected chi connectivity index (χ0v) is 20.3. The van der Waals surface area contributed by atoms with Gasteiger partial charge in [0.2, 0.25) is 15.9 Å². The lowest BCUT2D eigenvalue weighted by Gasteiger charge is -2.29. The number of amides is 1. The van der Waals surface area contributed by atoms with Crippen LogP contribution >= 0.6 is 11.6 Å². The minimum absolute atomic E-state index is 0.0620. The molecule has 0 bridgehead atoms. The maximum Gasteiger partial charge on any atom is 0.244 e. The van der Waals surface area contributed by atoms with Gasteiger partial charge in [-0.3, -0.25) is 9.59 Å². The van der Waals surface area contributed by atoms with Crippen LogP contribution in [-0.4, -0.2) is 24.4 Å². The standard InChI is InChI=1S/C25H23ClF2N2O4S/c1-2-3-23(31)17-6-4-16(5-7-17)15-30(35(33,34)20-11-8-18(26)9-12-20)24(25(29)32)21-13-10-19(27)14-22(21)28/h4-14,24H,2-3,15H2,1H3,(H2,29,32). The molecule has 3 rings (SSSR count). The van der Waals surface area contributed by atoms with E-state index in [1.807, 2.05) is 6.92 Å². The number of ketones is 1. The first-order chi connectivity index (χ1) is 16.5. The predicted octanol–water partition coefficient (Wildman–Crippen LogP) is 5.02. The fourth-order valence-electron chi connectivity index (χ4n) is 3.58. The molecule has 0 aromatic heterocycles. The molecule has 0 aliphatic rings. The molecule has 0 saturated carbocycles. The summed E-state index contributed by atoms with van der Waals surface area (Å²) in [5, 5.41) is 0.291. The second-order valence-electron chi connectivity index (χ2n) is 7.85. The third-order valence-corrected chi connectivity index (χ3v) is 7.40. The average Bonchev–Trinajstić information content (AvgIpc) is 2.80. The van der Waals surface area contributed by atoms with E-state index in [4.69, 9.17) is 17.3 Å². The number of Topliss-reactive ketones (excluding diaryl/α,β-unsaturated/α-hetero) is 1. The summed E-state index contributed by atoms with van der Waals surface area (Å²) in [6, 6.07) is 12.1. The second kappa shape index (κ2) is 11.1. The topological polar surface area (TPSA) is 97.5 Å². The van der Waals surface area contributed by atoms with Crippen LogP contribution in [0.2, 0.25) is 5.02 Å². The Hall–Kier alpha value is -3.14. The summed E-state index contributed by atoms with van der Waals surface area (Å²) in [4.78, 5) is 24.4. The van der Waals surface area contributed by atoms with Gasteiger partial charge in [0.25, 0.3) is 0 Å². The van der Waals surface area contributed by atoms with Crippen LogP contribution in [0.3, 0.4) is 0 Å². The van der Waals surface area contributed by atoms with Gasteiger partial charge in [-0.05, 0) is 42.3 Å². The Kier molecular flexibility index (Phi) is 8.37. The minimum Gasteiger partial charge on any atom is -0.368 e. The molecule has 0 saturated heterocycles. The minimum atomic E-state index is -4.42. The first kappa shape index (κ1) is 26.5. The smallest absolute Gasteiger partial charge is 0.244 e. The summed E-state index contributed by atoms with van der Waals surface area (Å²) in [7, 11) is -4.42. The Bertz CT molecular complexity index is 1330. The molecular weight excluding hydrogens is 498 g/mol. The van der Waals surface area contributed by atoms with Gasteiger partial charge in [0.1, 0.15) is 17.7 Å². The molecule has 0 aliphatic heterocycles. The Labute approximate surface area is 207 Å². The van der Waals surface area contributed by atoms with E-state index in [2.05, 4.69) is 0 Å². The van der Waals surface area contributed by atoms with Gasteiger partial charge in [-0.1, -0.05) is 48.9 Å². The number of nitrogens with two attached hydrogens (primary N) is 1. The van der Waals surface area contributed by atoms with Gasteiger partial charge in [0.15, 0.2) is 5.78 Å². The van der Waals surface area contributed by atoms with Gasteiger partial charge >= 0.3 is 0 Å². The maximum atomic E-state index is 14.7. The summed E-state index contributed by atoms with van der Waals surface area (Å²) < 4.78 is 56.2. The molecule has 0 spiro atoms. The van der Waals surface area contributed by atoms with Crippen molar-refractivity contribution in [1.82, 2.24) is 4.31 Å². The number of halogens is 3. The number of nitrogens with zero attached hydrogens (tertiary/aromatic N) is 1. The van der Waals surface area contributed by atoms with E-state index < -0.39 is 39.2 Å². The van der Waals surface area contributed by atoms with Gasteiger partial charge < -0.3 is 5.73 Å². The van der Waals surface area contributed by atoms with Crippen molar-refractivity contribution in [1.29, 1.82) is 0 Å². The van der Waals surface area contributed by atoms with Gasteiger partial charge in [-0.15, -0.1) is 0 Å². The highest BCUT2D eigenvalue weighted by molar-refractivity contribution is 7.89. The molecule has 10 heteroatoms. The number of primary amides is 1. The maximum absolute atomic E-state index is 14.7. The highest BCUT2D eigenvalue weighted by Gasteiger charge is 2.37. The van der Waals surface area contributed by atoms with Gasteiger partial charge in [-0.2, -0.15) is 4.31 Å². The Morgan fingerprint density at radius 1 is 1.00 bits per heavy atom. The van der Waals surface area contributed by atoms with Crippen molar-refractivity contribution in [3.63, 3.8) is 0 Å². The SMILES string of the molecule is CCCC(=O)c1ccc(CN(C(C(N)=O)c2ccc(F)cc2F)S(=O)(=O)c2ccc(Cl)cc2)cc1. The highest BCUT2D eigenvalue weighted by atomic mass is 35.5. The Morgan fingerprint density at radius 2 is 1.63 bits per heavy atom. The Balaban J connectivity index is 2.11. The Morgan fingerprint density at radius 3 is 2.17 bits per heavy atom. The highest BCUT2D eigenvalue weighted by Crippen LogP contribution is 2.32. The molecule has 0 aliphatic carbocycles. The van der Waals surface area contributed by atoms with Gasteiger partial charge in [0.05, 0.1) is 4.90 Å². The molecule has 184 valence electrons. The zero-order chi connectivity index (χ0) is 25.8. The van der Waals surface area contributed by atoms with E-state index in [0.717, 1.165) is 16.4 Å². The van der Waals surface area contributed by atoms with Crippen molar-refractivity contribution in [3.05, 3.63) is 100 Å². The lowest BCUT2D eigenvalue weighted by molar-refractivity contribution is -0.122. The third kappa shape index (κ3) is 6.11. The molecule has 1 amide bonds. The number of hydrogen-bond donors (Lipinski definition) is 1. The molecule has 0 radical (unpaired) electrons. The summed E-state index contributed by atoms with van der Waals surface area (Å²) in [6.07, 6.45) is 1.04. The first-order valence-electron chi connectivity index (χ1n) is 10.7. The van der Waals surface area contributed by atoms with E-state index in [9.17, 15) is 26.8 Å². The predicted molar refractivity (Wildman–Crippen MR) is 128 cm³/mol. The summed E-state index contributed by atoms with van der Waals surface area (Å²) >= 11 is 5.88. The second-order valence-corrected chi connectivity index (χ2v) is 10.2. The number of carbonyl (C=O) groups excluding carboxylic acids is 2. The monoisotopic (exact) mass is 520 g/mol. The summed E-state index contributed by atoms with van der Waals surface area (Å²) in [6.45, 7) is 1.50. The fraction of sp³-hybridized carbons (Fsp3) is 0.200. The molecule has 0 fully saturated rings. The van der Waals surface area contributed by atoms with Crippen molar-refractivity contribution < 1.29 is 26.8 Å². The lowest BCUT2D eigenvalue weighted by atomic mass is 10.0. The molecule has 6 nitrogen and oxygen atoms in total. The van der Waals surface area contributed by atoms with Gasteiger partial charge in [0, 0.05) is 35.2 Å². The van der Waals surface area contributed by atoms with Crippen molar-refractivity contribution >= 4 is 33.3 Å². The molecule has 1 unspecified atom stereocenters. The molecule has 3 aromatic carbocycles. The molecule has 3 aromatic rings. The van der Waals surface area contributed by atoms with Crippen molar-refractivity contribution in [2.45, 2.75) is 37.2 Å². The van der Waals surface area contributed by atoms with E-state index in [-0.39, 0.29) is 17.2 Å². The summed E-state index contributed by atoms with van der Waals surface area (Å²) in [5.41, 5.74) is 6.04. The normalized spacial score (nSPS) is 12.5. The number of carbonyl (C=O) groups is 2. The van der Waals surface area contributed by atoms with Crippen LogP contribution in [-0.2, 0) is 21.4 Å². The van der Waals surface area contributed by atoms with Crippen molar-refractivity contribution in [2.24, 2.45) is 5.73 Å². The van der Waals surface area contributed by atoms with Crippen molar-refractivity contribution in [2.75, 3.05) is 0 Å². The fourth-order valence-corrected chi connectivity index (χ4v) is 5.27. The van der Waals surface area contributed by atoms with E-state index in [1.54, 1.807) is 24.3 Å². The van der Waals surface area contributed by atoms with Crippen LogP contribution < -0.4 is 5.73 Å². The van der Waals surface area contributed by atoms with Crippen LogP contribution in [0.5, 0.6) is 0 Å². The van der Waals surface area contributed by atoms with E-state index in [1.165, 1.54) is 24.3 Å². The van der Waals surface area contributed by atoms with Gasteiger partial charge in [-0.25, -0.2) is 17.2 Å². The van der Waals surface area contributed by atoms with E-state index >= 15 is 0 Å². The van der Waals surface area contributed by atoms with E-state index in [0.29, 0.717) is 35.1 Å². The van der Waals surface area contributed by atoms with Crippen LogP contribution in [0.4, 0.5) is 8.78 Å². The third-order valence-electron chi connectivity index (χ3n) is 5.33. The summed E-state index contributed by atoms with van der Waals surface area (Å²) in [5.74, 6) is -3.23. The number of benzene rings is 3. The van der Waals surface area contributed by atoms with Crippen LogP contribution in [0.1, 0.15) is 47.3 Å². The zero-order valence-electron chi connectivity index (χ0n) is 18.7. The van der Waals surface area contributed by atoms with Crippen LogP contribution in [0, 0.1) is 11.6 Å².